The van der Waals surface area contributed by atoms with E-state index in [-0.39, 0.29) is 6.61 Å². The zero-order valence-corrected chi connectivity index (χ0v) is 11.4. The zero-order chi connectivity index (χ0) is 13.2. The molecule has 0 atom stereocenters. The van der Waals surface area contributed by atoms with Gasteiger partial charge in [-0.3, -0.25) is 0 Å². The lowest BCUT2D eigenvalue weighted by atomic mass is 9.91. The van der Waals surface area contributed by atoms with Crippen molar-refractivity contribution in [2.75, 3.05) is 24.3 Å². The molecule has 5 heteroatoms. The van der Waals surface area contributed by atoms with Crippen LogP contribution in [0.25, 0.3) is 0 Å². The van der Waals surface area contributed by atoms with Crippen LogP contribution in [-0.4, -0.2) is 39.0 Å². The maximum Gasteiger partial charge on any atom is 0.177 e. The molecular weight excluding hydrogens is 250 g/mol. The van der Waals surface area contributed by atoms with Gasteiger partial charge in [0.2, 0.25) is 0 Å². The second kappa shape index (κ2) is 5.28. The highest BCUT2D eigenvalue weighted by Gasteiger charge is 2.27. The van der Waals surface area contributed by atoms with E-state index >= 15 is 0 Å². The summed E-state index contributed by atoms with van der Waals surface area (Å²) in [5.41, 5.74) is 0.721. The molecule has 0 bridgehead atoms. The molecule has 0 spiro atoms. The fourth-order valence-electron chi connectivity index (χ4n) is 2.31. The predicted octanol–water partition coefficient (Wildman–Crippen LogP) is 1.44. The number of aliphatic hydroxyl groups is 1. The highest BCUT2D eigenvalue weighted by Crippen LogP contribution is 2.33. The summed E-state index contributed by atoms with van der Waals surface area (Å²) in [4.78, 5) is 2.38. The van der Waals surface area contributed by atoms with Gasteiger partial charge in [-0.2, -0.15) is 0 Å². The normalized spacial score (nSPS) is 16.3. The van der Waals surface area contributed by atoms with E-state index in [0.717, 1.165) is 18.5 Å². The first-order chi connectivity index (χ1) is 8.54. The molecule has 1 fully saturated rings. The van der Waals surface area contributed by atoms with Gasteiger partial charge in [-0.05, 0) is 31.4 Å². The van der Waals surface area contributed by atoms with Crippen LogP contribution >= 0.6 is 0 Å². The number of anilines is 1. The molecule has 0 amide bonds. The molecule has 1 aliphatic carbocycles. The lowest BCUT2D eigenvalue weighted by Crippen LogP contribution is -2.42. The number of hydrogen-bond donors (Lipinski definition) is 1. The van der Waals surface area contributed by atoms with Gasteiger partial charge in [0.1, 0.15) is 0 Å². The van der Waals surface area contributed by atoms with Gasteiger partial charge >= 0.3 is 0 Å². The highest BCUT2D eigenvalue weighted by atomic mass is 32.2. The van der Waals surface area contributed by atoms with Crippen LogP contribution in [0.4, 0.5) is 5.69 Å². The van der Waals surface area contributed by atoms with Crippen molar-refractivity contribution in [2.24, 2.45) is 0 Å². The fourth-order valence-corrected chi connectivity index (χ4v) is 3.20. The lowest BCUT2D eigenvalue weighted by Gasteiger charge is -2.39. The molecule has 2 rings (SSSR count). The minimum Gasteiger partial charge on any atom is -0.395 e. The van der Waals surface area contributed by atoms with E-state index < -0.39 is 9.84 Å². The molecule has 1 N–H and O–H groups in total. The molecule has 1 aromatic carbocycles. The van der Waals surface area contributed by atoms with Gasteiger partial charge in [-0.15, -0.1) is 0 Å². The van der Waals surface area contributed by atoms with E-state index in [1.807, 2.05) is 17.0 Å². The first kappa shape index (κ1) is 13.4. The Labute approximate surface area is 108 Å². The summed E-state index contributed by atoms with van der Waals surface area (Å²) in [6.45, 7) is 0.520. The molecule has 1 saturated carbocycles. The second-order valence-corrected chi connectivity index (χ2v) is 6.73. The second-order valence-electron chi connectivity index (χ2n) is 4.74. The zero-order valence-electron chi connectivity index (χ0n) is 10.5. The van der Waals surface area contributed by atoms with E-state index in [1.54, 1.807) is 12.1 Å². The van der Waals surface area contributed by atoms with Gasteiger partial charge in [-0.25, -0.2) is 8.42 Å². The Morgan fingerprint density at radius 2 is 2.00 bits per heavy atom. The van der Waals surface area contributed by atoms with Gasteiger partial charge in [0.25, 0.3) is 0 Å². The largest absolute Gasteiger partial charge is 0.395 e. The Bertz CT molecular complexity index is 509. The Morgan fingerprint density at radius 1 is 1.33 bits per heavy atom. The summed E-state index contributed by atoms with van der Waals surface area (Å²) in [6, 6.07) is 7.39. The van der Waals surface area contributed by atoms with Crippen LogP contribution < -0.4 is 4.90 Å². The molecule has 0 aromatic heterocycles. The van der Waals surface area contributed by atoms with Crippen molar-refractivity contribution >= 4 is 15.5 Å². The van der Waals surface area contributed by atoms with Crippen molar-refractivity contribution in [1.29, 1.82) is 0 Å². The Morgan fingerprint density at radius 3 is 2.50 bits per heavy atom. The third-order valence-corrected chi connectivity index (χ3v) is 4.57. The van der Waals surface area contributed by atoms with Crippen molar-refractivity contribution in [3.8, 4) is 0 Å². The molecule has 100 valence electrons. The molecule has 0 aliphatic heterocycles. The number of rotatable bonds is 5. The summed E-state index contributed by atoms with van der Waals surface area (Å²) in [7, 11) is -3.24. The van der Waals surface area contributed by atoms with E-state index in [9.17, 15) is 8.42 Å². The van der Waals surface area contributed by atoms with Gasteiger partial charge in [0.05, 0.1) is 17.2 Å². The van der Waals surface area contributed by atoms with Crippen LogP contribution in [0, 0.1) is 0 Å². The minimum absolute atomic E-state index is 0.0363. The molecule has 0 heterocycles. The van der Waals surface area contributed by atoms with E-state index in [1.165, 1.54) is 12.7 Å². The number of benzene rings is 1. The number of hydrogen-bond acceptors (Lipinski definition) is 4. The van der Waals surface area contributed by atoms with Gasteiger partial charge in [0.15, 0.2) is 9.84 Å². The summed E-state index contributed by atoms with van der Waals surface area (Å²) in [5, 5.41) is 9.17. The lowest BCUT2D eigenvalue weighted by molar-refractivity contribution is 0.283. The predicted molar refractivity (Wildman–Crippen MR) is 71.6 cm³/mol. The maximum absolute atomic E-state index is 11.8. The molecule has 0 saturated heterocycles. The molecule has 1 aromatic rings. The van der Waals surface area contributed by atoms with Crippen LogP contribution in [0.1, 0.15) is 19.3 Å². The summed E-state index contributed by atoms with van der Waals surface area (Å²) < 4.78 is 23.6. The Kier molecular flexibility index (Phi) is 3.92. The maximum atomic E-state index is 11.8. The summed E-state index contributed by atoms with van der Waals surface area (Å²) >= 11 is 0. The number of para-hydroxylation sites is 1. The number of nitrogens with zero attached hydrogens (tertiary/aromatic N) is 1. The monoisotopic (exact) mass is 269 g/mol. The molecule has 18 heavy (non-hydrogen) atoms. The Balaban J connectivity index is 2.40. The van der Waals surface area contributed by atoms with Crippen molar-refractivity contribution in [3.63, 3.8) is 0 Å². The van der Waals surface area contributed by atoms with Crippen molar-refractivity contribution < 1.29 is 13.5 Å². The van der Waals surface area contributed by atoms with Gasteiger partial charge < -0.3 is 10.0 Å². The SMILES string of the molecule is CS(=O)(=O)c1ccccc1N(CCO)C1CCC1. The van der Waals surface area contributed by atoms with Crippen LogP contribution in [0.3, 0.4) is 0 Å². The quantitative estimate of drug-likeness (QED) is 0.879. The number of aliphatic hydroxyl groups excluding tert-OH is 1. The van der Waals surface area contributed by atoms with Crippen LogP contribution in [0.2, 0.25) is 0 Å². The average molecular weight is 269 g/mol. The summed E-state index contributed by atoms with van der Waals surface area (Å²) in [6.07, 6.45) is 4.54. The standard InChI is InChI=1S/C13H19NO3S/c1-18(16,17)13-8-3-2-7-12(13)14(9-10-15)11-5-4-6-11/h2-3,7-8,11,15H,4-6,9-10H2,1H3. The van der Waals surface area contributed by atoms with Crippen molar-refractivity contribution in [3.05, 3.63) is 24.3 Å². The van der Waals surface area contributed by atoms with E-state index in [2.05, 4.69) is 0 Å². The van der Waals surface area contributed by atoms with E-state index in [4.69, 9.17) is 5.11 Å². The first-order valence-electron chi connectivity index (χ1n) is 6.20. The fraction of sp³-hybridized carbons (Fsp3) is 0.538. The minimum atomic E-state index is -3.24. The molecule has 0 unspecified atom stereocenters. The average Bonchev–Trinajstić information content (AvgIpc) is 2.25. The summed E-state index contributed by atoms with van der Waals surface area (Å²) in [5.74, 6) is 0. The highest BCUT2D eigenvalue weighted by molar-refractivity contribution is 7.90. The van der Waals surface area contributed by atoms with Crippen LogP contribution in [0.5, 0.6) is 0 Å². The molecule has 0 radical (unpaired) electrons. The third-order valence-electron chi connectivity index (χ3n) is 3.43. The van der Waals surface area contributed by atoms with Crippen molar-refractivity contribution in [1.82, 2.24) is 0 Å². The van der Waals surface area contributed by atoms with Crippen LogP contribution in [0.15, 0.2) is 29.2 Å². The topological polar surface area (TPSA) is 57.6 Å². The molecule has 4 nitrogen and oxygen atoms in total. The van der Waals surface area contributed by atoms with Crippen molar-refractivity contribution in [2.45, 2.75) is 30.2 Å². The number of sulfone groups is 1. The molecule has 1 aliphatic rings. The third kappa shape index (κ3) is 2.67. The van der Waals surface area contributed by atoms with Gasteiger partial charge in [0, 0.05) is 18.8 Å². The molecular formula is C13H19NO3S. The van der Waals surface area contributed by atoms with Gasteiger partial charge in [-0.1, -0.05) is 12.1 Å². The van der Waals surface area contributed by atoms with Crippen LogP contribution in [-0.2, 0) is 9.84 Å². The first-order valence-corrected chi connectivity index (χ1v) is 8.10. The smallest absolute Gasteiger partial charge is 0.177 e. The van der Waals surface area contributed by atoms with E-state index in [0.29, 0.717) is 17.5 Å². The Hall–Kier alpha value is -1.07.